The summed E-state index contributed by atoms with van der Waals surface area (Å²) >= 11 is 1.65. The number of thioether (sulfide) groups is 2. The van der Waals surface area contributed by atoms with Crippen molar-refractivity contribution in [3.05, 3.63) is 36.0 Å². The lowest BCUT2D eigenvalue weighted by molar-refractivity contribution is -0.144. The number of amides is 1. The number of ether oxygens (including phenoxy) is 1. The summed E-state index contributed by atoms with van der Waals surface area (Å²) < 4.78 is 34.1. The molecule has 1 amide bonds. The van der Waals surface area contributed by atoms with Crippen LogP contribution in [0.1, 0.15) is 11.7 Å². The molecule has 140 valence electrons. The van der Waals surface area contributed by atoms with E-state index in [9.17, 15) is 18.4 Å². The summed E-state index contributed by atoms with van der Waals surface area (Å²) in [6, 6.07) is 5.92. The van der Waals surface area contributed by atoms with E-state index in [2.05, 4.69) is 15.5 Å². The van der Waals surface area contributed by atoms with Gasteiger partial charge in [-0.05, 0) is 24.3 Å². The van der Waals surface area contributed by atoms with Gasteiger partial charge in [-0.15, -0.1) is 11.8 Å². The van der Waals surface area contributed by atoms with Crippen molar-refractivity contribution in [3.63, 3.8) is 0 Å². The van der Waals surface area contributed by atoms with Crippen LogP contribution in [0.5, 0.6) is 0 Å². The predicted molar refractivity (Wildman–Crippen MR) is 93.1 cm³/mol. The molecule has 1 aromatic heterocycles. The number of hydrogen-bond donors (Lipinski definition) is 1. The molecule has 0 radical (unpaired) electrons. The fourth-order valence-electron chi connectivity index (χ4n) is 1.73. The number of halogens is 2. The maximum atomic E-state index is 12.2. The zero-order chi connectivity index (χ0) is 18.9. The molecule has 11 heteroatoms. The number of nitrogens with one attached hydrogen (secondary N) is 1. The van der Waals surface area contributed by atoms with Crippen LogP contribution in [-0.4, -0.2) is 40.1 Å². The van der Waals surface area contributed by atoms with Gasteiger partial charge in [0.15, 0.2) is 12.4 Å². The maximum Gasteiger partial charge on any atom is 0.316 e. The van der Waals surface area contributed by atoms with E-state index in [1.165, 1.54) is 36.0 Å². The Kier molecular flexibility index (Phi) is 7.85. The van der Waals surface area contributed by atoms with E-state index in [0.717, 1.165) is 0 Å². The van der Waals surface area contributed by atoms with Crippen LogP contribution in [0, 0.1) is 6.92 Å². The molecule has 0 unspecified atom stereocenters. The molecule has 0 saturated heterocycles. The minimum atomic E-state index is -2.50. The summed E-state index contributed by atoms with van der Waals surface area (Å²) in [4.78, 5) is 27.7. The first kappa shape index (κ1) is 20.2. The third-order valence-electron chi connectivity index (χ3n) is 2.75. The Bertz CT molecular complexity index is 741. The summed E-state index contributed by atoms with van der Waals surface area (Å²) in [6.07, 6.45) is 0. The van der Waals surface area contributed by atoms with E-state index in [1.54, 1.807) is 6.92 Å². The molecule has 26 heavy (non-hydrogen) atoms. The third kappa shape index (κ3) is 7.40. The average molecular weight is 403 g/mol. The molecule has 0 saturated carbocycles. The number of aryl methyl sites for hydroxylation is 1. The molecule has 2 aromatic rings. The predicted octanol–water partition coefficient (Wildman–Crippen LogP) is 3.11. The van der Waals surface area contributed by atoms with Crippen molar-refractivity contribution in [2.75, 3.05) is 17.7 Å². The number of esters is 1. The van der Waals surface area contributed by atoms with Crippen LogP contribution in [-0.2, 0) is 20.1 Å². The van der Waals surface area contributed by atoms with Crippen LogP contribution in [0.4, 0.5) is 14.5 Å². The second kappa shape index (κ2) is 10.1. The highest BCUT2D eigenvalue weighted by Gasteiger charge is 2.10. The number of hydrogen-bond acceptors (Lipinski definition) is 8. The molecule has 0 atom stereocenters. The monoisotopic (exact) mass is 403 g/mol. The van der Waals surface area contributed by atoms with Crippen LogP contribution in [0.2, 0.25) is 0 Å². The van der Waals surface area contributed by atoms with E-state index in [1.807, 2.05) is 0 Å². The first-order valence-electron chi connectivity index (χ1n) is 7.29. The quantitative estimate of drug-likeness (QED) is 0.504. The lowest BCUT2D eigenvalue weighted by atomic mass is 10.3. The van der Waals surface area contributed by atoms with Crippen molar-refractivity contribution in [2.24, 2.45) is 0 Å². The summed E-state index contributed by atoms with van der Waals surface area (Å²) in [5.41, 5.74) is 0.423. The first-order valence-corrected chi connectivity index (χ1v) is 9.33. The third-order valence-corrected chi connectivity index (χ3v) is 4.37. The van der Waals surface area contributed by atoms with Gasteiger partial charge < -0.3 is 14.6 Å². The molecular weight excluding hydrogens is 388 g/mol. The maximum absolute atomic E-state index is 12.2. The molecule has 0 spiro atoms. The number of alkyl halides is 2. The van der Waals surface area contributed by atoms with Crippen molar-refractivity contribution in [1.29, 1.82) is 0 Å². The number of rotatable bonds is 9. The molecule has 0 bridgehead atoms. The molecule has 1 heterocycles. The molecule has 0 aliphatic carbocycles. The Balaban J connectivity index is 1.65. The molecular formula is C15H15F2N3O4S2. The topological polar surface area (TPSA) is 94.3 Å². The van der Waals surface area contributed by atoms with Crippen LogP contribution >= 0.6 is 23.5 Å². The fourth-order valence-corrected chi connectivity index (χ4v) is 2.88. The molecule has 0 aliphatic rings. The highest BCUT2D eigenvalue weighted by molar-refractivity contribution is 7.99. The fraction of sp³-hybridized carbons (Fsp3) is 0.333. The zero-order valence-electron chi connectivity index (χ0n) is 13.6. The summed E-state index contributed by atoms with van der Waals surface area (Å²) in [5.74, 6) is -2.22. The second-order valence-corrected chi connectivity index (χ2v) is 6.88. The molecule has 1 aromatic carbocycles. The Morgan fingerprint density at radius 1 is 1.31 bits per heavy atom. The molecule has 1 N–H and O–H groups in total. The van der Waals surface area contributed by atoms with Crippen LogP contribution < -0.4 is 5.32 Å². The van der Waals surface area contributed by atoms with E-state index < -0.39 is 24.2 Å². The van der Waals surface area contributed by atoms with Gasteiger partial charge in [0.25, 0.3) is 11.7 Å². The van der Waals surface area contributed by atoms with Crippen LogP contribution in [0.15, 0.2) is 33.7 Å². The number of anilines is 1. The Morgan fingerprint density at radius 3 is 2.65 bits per heavy atom. The second-order valence-electron chi connectivity index (χ2n) is 4.83. The standard InChI is InChI=1S/C15H15F2N3O4S2/c1-9-18-12(20-24-9)7-25-8-14(22)23-6-13(21)19-10-2-4-11(5-3-10)26-15(16)17/h2-5,15H,6-8H2,1H3,(H,19,21). The van der Waals surface area contributed by atoms with Crippen LogP contribution in [0.3, 0.4) is 0 Å². The van der Waals surface area contributed by atoms with Crippen LogP contribution in [0.25, 0.3) is 0 Å². The van der Waals surface area contributed by atoms with E-state index >= 15 is 0 Å². The van der Waals surface area contributed by atoms with E-state index in [4.69, 9.17) is 9.26 Å². The van der Waals surface area contributed by atoms with Crippen molar-refractivity contribution < 1.29 is 27.6 Å². The van der Waals surface area contributed by atoms with Crippen molar-refractivity contribution in [1.82, 2.24) is 10.1 Å². The normalized spacial score (nSPS) is 10.8. The Labute approximate surface area is 156 Å². The SMILES string of the molecule is Cc1nc(CSCC(=O)OCC(=O)Nc2ccc(SC(F)F)cc2)no1. The highest BCUT2D eigenvalue weighted by atomic mass is 32.2. The van der Waals surface area contributed by atoms with Gasteiger partial charge in [0, 0.05) is 17.5 Å². The smallest absolute Gasteiger partial charge is 0.316 e. The molecule has 0 aliphatic heterocycles. The van der Waals surface area contributed by atoms with Gasteiger partial charge >= 0.3 is 5.97 Å². The Morgan fingerprint density at radius 2 is 2.04 bits per heavy atom. The van der Waals surface area contributed by atoms with E-state index in [0.29, 0.717) is 39.8 Å². The zero-order valence-corrected chi connectivity index (χ0v) is 15.2. The summed E-state index contributed by atoms with van der Waals surface area (Å²) in [7, 11) is 0. The van der Waals surface area contributed by atoms with Gasteiger partial charge in [0.1, 0.15) is 0 Å². The van der Waals surface area contributed by atoms with Gasteiger partial charge in [0.05, 0.1) is 11.5 Å². The highest BCUT2D eigenvalue weighted by Crippen LogP contribution is 2.26. The van der Waals surface area contributed by atoms with Crippen molar-refractivity contribution >= 4 is 41.1 Å². The summed E-state index contributed by atoms with van der Waals surface area (Å²) in [5, 5.41) is 6.20. The van der Waals surface area contributed by atoms with Crippen molar-refractivity contribution in [2.45, 2.75) is 23.3 Å². The number of carbonyl (C=O) groups is 2. The van der Waals surface area contributed by atoms with Gasteiger partial charge in [-0.2, -0.15) is 13.8 Å². The molecule has 7 nitrogen and oxygen atoms in total. The van der Waals surface area contributed by atoms with Gasteiger partial charge in [-0.25, -0.2) is 0 Å². The van der Waals surface area contributed by atoms with Gasteiger partial charge in [0.2, 0.25) is 5.89 Å². The molecule has 0 fully saturated rings. The number of benzene rings is 1. The Hall–Kier alpha value is -2.14. The lowest BCUT2D eigenvalue weighted by Crippen LogP contribution is -2.21. The number of aromatic nitrogens is 2. The van der Waals surface area contributed by atoms with E-state index in [-0.39, 0.29) is 5.75 Å². The lowest BCUT2D eigenvalue weighted by Gasteiger charge is -2.07. The van der Waals surface area contributed by atoms with Crippen molar-refractivity contribution in [3.8, 4) is 0 Å². The largest absolute Gasteiger partial charge is 0.455 e. The van der Waals surface area contributed by atoms with Gasteiger partial charge in [-0.1, -0.05) is 16.9 Å². The first-order chi connectivity index (χ1) is 12.4. The number of nitrogens with zero attached hydrogens (tertiary/aromatic N) is 2. The number of carbonyl (C=O) groups excluding carboxylic acids is 2. The molecule has 2 rings (SSSR count). The minimum Gasteiger partial charge on any atom is -0.455 e. The summed E-state index contributed by atoms with van der Waals surface area (Å²) in [6.45, 7) is 1.23. The van der Waals surface area contributed by atoms with Gasteiger partial charge in [-0.3, -0.25) is 9.59 Å². The minimum absolute atomic E-state index is 0.0421. The average Bonchev–Trinajstić information content (AvgIpc) is 3.00.